The van der Waals surface area contributed by atoms with Crippen molar-refractivity contribution in [2.75, 3.05) is 0 Å². The van der Waals surface area contributed by atoms with E-state index in [0.717, 1.165) is 12.8 Å². The highest BCUT2D eigenvalue weighted by Crippen LogP contribution is 2.50. The van der Waals surface area contributed by atoms with Gasteiger partial charge < -0.3 is 20.9 Å². The summed E-state index contributed by atoms with van der Waals surface area (Å²) in [5, 5.41) is 11.2. The fourth-order valence-electron chi connectivity index (χ4n) is 3.27. The molecule has 1 amide bonds. The molecular weight excluding hydrogens is 312 g/mol. The number of hydrogen-bond donors (Lipinski definition) is 3. The fraction of sp³-hybridized carbons (Fsp3) is 0.824. The number of nitrogens with two attached hydrogens (primary N) is 1. The Kier molecular flexibility index (Phi) is 5.70. The molecular formula is C17H30N2O5. The Morgan fingerprint density at radius 3 is 2.08 bits per heavy atom. The van der Waals surface area contributed by atoms with E-state index in [1.54, 1.807) is 0 Å². The topological polar surface area (TPSA) is 119 Å². The second kappa shape index (κ2) is 6.70. The van der Waals surface area contributed by atoms with Crippen molar-refractivity contribution in [3.8, 4) is 0 Å². The van der Waals surface area contributed by atoms with Crippen molar-refractivity contribution in [1.29, 1.82) is 0 Å². The van der Waals surface area contributed by atoms with Crippen LogP contribution in [-0.4, -0.2) is 40.6 Å². The molecule has 0 aromatic carbocycles. The normalized spacial score (nSPS) is 21.1. The lowest BCUT2D eigenvalue weighted by Gasteiger charge is -2.37. The molecule has 0 radical (unpaired) electrons. The van der Waals surface area contributed by atoms with Crippen LogP contribution in [0.25, 0.3) is 0 Å². The van der Waals surface area contributed by atoms with Crippen molar-refractivity contribution in [2.24, 2.45) is 16.6 Å². The molecule has 0 aliphatic heterocycles. The van der Waals surface area contributed by atoms with Crippen LogP contribution in [0.15, 0.2) is 0 Å². The average Bonchev–Trinajstić information content (AvgIpc) is 2.60. The van der Waals surface area contributed by atoms with Gasteiger partial charge in [0.15, 0.2) is 0 Å². The highest BCUT2D eigenvalue weighted by molar-refractivity contribution is 5.91. The minimum Gasteiger partial charge on any atom is -0.481 e. The molecule has 1 aliphatic carbocycles. The molecule has 0 aromatic heterocycles. The second-order valence-electron chi connectivity index (χ2n) is 8.58. The molecule has 0 saturated heterocycles. The van der Waals surface area contributed by atoms with Gasteiger partial charge in [0.1, 0.15) is 11.6 Å². The van der Waals surface area contributed by atoms with E-state index in [-0.39, 0.29) is 16.9 Å². The Hall–Kier alpha value is -1.63. The fourth-order valence-corrected chi connectivity index (χ4v) is 3.27. The molecule has 138 valence electrons. The molecule has 1 aliphatic rings. The lowest BCUT2D eigenvalue weighted by Crippen LogP contribution is -2.57. The zero-order valence-electron chi connectivity index (χ0n) is 15.4. The molecule has 0 aromatic rings. The van der Waals surface area contributed by atoms with Crippen LogP contribution < -0.4 is 11.1 Å². The minimum atomic E-state index is -1.29. The number of carbonyl (C=O) groups excluding carboxylic acids is 2. The van der Waals surface area contributed by atoms with Crippen molar-refractivity contribution < 1.29 is 24.2 Å². The van der Waals surface area contributed by atoms with Gasteiger partial charge in [-0.05, 0) is 26.7 Å². The summed E-state index contributed by atoms with van der Waals surface area (Å²) in [5.41, 5.74) is 3.96. The number of amides is 1. The van der Waals surface area contributed by atoms with E-state index >= 15 is 0 Å². The standard InChI is InChI=1S/C17H30N2O5/c1-15(2)7-8-16(3,4)13(15)24-14(23)17(5,6)19-12(22)10(18)9-11(20)21/h10,13H,7-9,18H2,1-6H3,(H,19,22)(H,20,21)/t10-/m0/s1. The predicted octanol–water partition coefficient (Wildman–Crippen LogP) is 1.44. The van der Waals surface area contributed by atoms with E-state index in [1.807, 2.05) is 0 Å². The summed E-state index contributed by atoms with van der Waals surface area (Å²) in [6.45, 7) is 11.3. The Bertz CT molecular complexity index is 509. The smallest absolute Gasteiger partial charge is 0.331 e. The SMILES string of the molecule is CC(C)(NC(=O)[C@@H](N)CC(=O)O)C(=O)OC1C(C)(C)CCC1(C)C. The van der Waals surface area contributed by atoms with Crippen molar-refractivity contribution in [3.05, 3.63) is 0 Å². The third-order valence-electron chi connectivity index (χ3n) is 4.74. The van der Waals surface area contributed by atoms with Gasteiger partial charge in [0, 0.05) is 10.8 Å². The molecule has 0 unspecified atom stereocenters. The maximum absolute atomic E-state index is 12.6. The van der Waals surface area contributed by atoms with Gasteiger partial charge in [-0.25, -0.2) is 4.79 Å². The molecule has 0 heterocycles. The number of carbonyl (C=O) groups is 3. The number of aliphatic carboxylic acids is 1. The minimum absolute atomic E-state index is 0.140. The lowest BCUT2D eigenvalue weighted by atomic mass is 9.80. The molecule has 7 nitrogen and oxygen atoms in total. The van der Waals surface area contributed by atoms with E-state index < -0.39 is 35.8 Å². The highest BCUT2D eigenvalue weighted by atomic mass is 16.5. The first kappa shape index (κ1) is 20.4. The number of esters is 1. The van der Waals surface area contributed by atoms with Gasteiger partial charge in [-0.15, -0.1) is 0 Å². The van der Waals surface area contributed by atoms with Gasteiger partial charge in [-0.3, -0.25) is 9.59 Å². The van der Waals surface area contributed by atoms with E-state index in [2.05, 4.69) is 33.0 Å². The average molecular weight is 342 g/mol. The molecule has 1 fully saturated rings. The summed E-state index contributed by atoms with van der Waals surface area (Å²) < 4.78 is 5.76. The number of nitrogens with one attached hydrogen (secondary N) is 1. The maximum atomic E-state index is 12.6. The first-order chi connectivity index (χ1) is 10.7. The quantitative estimate of drug-likeness (QED) is 0.629. The summed E-state index contributed by atoms with van der Waals surface area (Å²) in [4.78, 5) is 35.2. The summed E-state index contributed by atoms with van der Waals surface area (Å²) in [6, 6.07) is -1.21. The first-order valence-corrected chi connectivity index (χ1v) is 8.19. The van der Waals surface area contributed by atoms with Gasteiger partial charge in [0.2, 0.25) is 5.91 Å². The van der Waals surface area contributed by atoms with Crippen molar-refractivity contribution in [1.82, 2.24) is 5.32 Å². The molecule has 7 heteroatoms. The lowest BCUT2D eigenvalue weighted by molar-refractivity contribution is -0.168. The van der Waals surface area contributed by atoms with Crippen LogP contribution in [0.4, 0.5) is 0 Å². The zero-order valence-corrected chi connectivity index (χ0v) is 15.4. The molecule has 0 spiro atoms. The third kappa shape index (κ3) is 4.69. The summed E-state index contributed by atoms with van der Waals surface area (Å²) >= 11 is 0. The van der Waals surface area contributed by atoms with E-state index in [4.69, 9.17) is 15.6 Å². The van der Waals surface area contributed by atoms with Crippen molar-refractivity contribution in [3.63, 3.8) is 0 Å². The van der Waals surface area contributed by atoms with Gasteiger partial charge in [0.25, 0.3) is 0 Å². The molecule has 1 atom stereocenters. The van der Waals surface area contributed by atoms with E-state index in [9.17, 15) is 14.4 Å². The summed E-state index contributed by atoms with van der Waals surface area (Å²) in [6.07, 6.45) is 1.14. The Labute approximate surface area is 143 Å². The van der Waals surface area contributed by atoms with Crippen LogP contribution in [-0.2, 0) is 19.1 Å². The second-order valence-corrected chi connectivity index (χ2v) is 8.58. The predicted molar refractivity (Wildman–Crippen MR) is 89.1 cm³/mol. The highest BCUT2D eigenvalue weighted by Gasteiger charge is 2.51. The van der Waals surface area contributed by atoms with Crippen LogP contribution >= 0.6 is 0 Å². The van der Waals surface area contributed by atoms with Gasteiger partial charge >= 0.3 is 11.9 Å². The molecule has 4 N–H and O–H groups in total. The van der Waals surface area contributed by atoms with Crippen LogP contribution in [0.1, 0.15) is 60.8 Å². The van der Waals surface area contributed by atoms with E-state index in [1.165, 1.54) is 13.8 Å². The number of ether oxygens (including phenoxy) is 1. The monoisotopic (exact) mass is 342 g/mol. The number of carboxylic acid groups (broad SMARTS) is 1. The summed E-state index contributed by atoms with van der Waals surface area (Å²) in [5.74, 6) is -2.41. The van der Waals surface area contributed by atoms with Crippen LogP contribution in [0, 0.1) is 10.8 Å². The Balaban J connectivity index is 2.78. The van der Waals surface area contributed by atoms with Crippen LogP contribution in [0.5, 0.6) is 0 Å². The molecule has 1 rings (SSSR count). The Morgan fingerprint density at radius 2 is 1.67 bits per heavy atom. The van der Waals surface area contributed by atoms with E-state index in [0.29, 0.717) is 0 Å². The first-order valence-electron chi connectivity index (χ1n) is 8.19. The molecule has 24 heavy (non-hydrogen) atoms. The number of carboxylic acids is 1. The van der Waals surface area contributed by atoms with Gasteiger partial charge in [-0.2, -0.15) is 0 Å². The molecule has 1 saturated carbocycles. The number of rotatable bonds is 6. The summed E-state index contributed by atoms with van der Waals surface area (Å²) in [7, 11) is 0. The largest absolute Gasteiger partial charge is 0.481 e. The number of hydrogen-bond acceptors (Lipinski definition) is 5. The maximum Gasteiger partial charge on any atom is 0.331 e. The van der Waals surface area contributed by atoms with Crippen LogP contribution in [0.2, 0.25) is 0 Å². The van der Waals surface area contributed by atoms with Gasteiger partial charge in [0.05, 0.1) is 12.5 Å². The van der Waals surface area contributed by atoms with Crippen molar-refractivity contribution >= 4 is 17.8 Å². The van der Waals surface area contributed by atoms with Crippen LogP contribution in [0.3, 0.4) is 0 Å². The zero-order chi connectivity index (χ0) is 18.9. The van der Waals surface area contributed by atoms with Crippen molar-refractivity contribution in [2.45, 2.75) is 78.5 Å². The third-order valence-corrected chi connectivity index (χ3v) is 4.74. The van der Waals surface area contributed by atoms with Gasteiger partial charge in [-0.1, -0.05) is 27.7 Å². The molecule has 0 bridgehead atoms. The Morgan fingerprint density at radius 1 is 1.21 bits per heavy atom.